The molecule has 0 aliphatic carbocycles. The van der Waals surface area contributed by atoms with Crippen molar-refractivity contribution in [3.63, 3.8) is 0 Å². The highest BCUT2D eigenvalue weighted by atomic mass is 32.1. The van der Waals surface area contributed by atoms with E-state index in [4.69, 9.17) is 18.1 Å². The second-order valence-electron chi connectivity index (χ2n) is 5.46. The monoisotopic (exact) mass is 242 g/mol. The lowest BCUT2D eigenvalue weighted by Crippen LogP contribution is -2.69. The van der Waals surface area contributed by atoms with Crippen LogP contribution in [-0.2, 0) is 4.79 Å². The van der Waals surface area contributed by atoms with Crippen molar-refractivity contribution >= 4 is 23.2 Å². The standard InChI is InChI=1S/C10H18N4OS/c1-6-7(15)14(11)10(4)5-9(2,3)12-8(16)13(6)10/h6H,5,11H2,1-4H3,(H,12,16)/t6-,10-/m0/s1. The van der Waals surface area contributed by atoms with Crippen LogP contribution in [0.2, 0.25) is 0 Å². The molecule has 0 spiro atoms. The minimum Gasteiger partial charge on any atom is -0.357 e. The molecule has 2 aliphatic rings. The van der Waals surface area contributed by atoms with Crippen molar-refractivity contribution in [1.82, 2.24) is 15.2 Å². The minimum absolute atomic E-state index is 0.0793. The molecular formula is C10H18N4OS. The van der Waals surface area contributed by atoms with Gasteiger partial charge in [-0.3, -0.25) is 9.80 Å². The first-order chi connectivity index (χ1) is 7.19. The number of hydrogen-bond donors (Lipinski definition) is 2. The smallest absolute Gasteiger partial charge is 0.261 e. The van der Waals surface area contributed by atoms with Crippen LogP contribution in [0.5, 0.6) is 0 Å². The summed E-state index contributed by atoms with van der Waals surface area (Å²) >= 11 is 5.33. The third-order valence-electron chi connectivity index (χ3n) is 3.46. The number of nitrogens with one attached hydrogen (secondary N) is 1. The summed E-state index contributed by atoms with van der Waals surface area (Å²) in [4.78, 5) is 13.8. The van der Waals surface area contributed by atoms with E-state index in [0.29, 0.717) is 5.11 Å². The summed E-state index contributed by atoms with van der Waals surface area (Å²) in [7, 11) is 0. The van der Waals surface area contributed by atoms with Crippen molar-refractivity contribution < 1.29 is 4.79 Å². The maximum absolute atomic E-state index is 11.9. The molecule has 2 fully saturated rings. The molecule has 2 saturated heterocycles. The van der Waals surface area contributed by atoms with Gasteiger partial charge in [0, 0.05) is 12.0 Å². The SMILES string of the molecule is C[C@H]1C(=O)N(N)[C@@]2(C)CC(C)(C)NC(=S)N12. The summed E-state index contributed by atoms with van der Waals surface area (Å²) in [5.41, 5.74) is -0.660. The molecule has 2 rings (SSSR count). The number of amides is 1. The molecule has 16 heavy (non-hydrogen) atoms. The van der Waals surface area contributed by atoms with Gasteiger partial charge in [-0.05, 0) is 39.9 Å². The highest BCUT2D eigenvalue weighted by Gasteiger charge is 2.57. The molecule has 0 bridgehead atoms. The molecule has 1 amide bonds. The number of nitrogens with zero attached hydrogens (tertiary/aromatic N) is 2. The Balaban J connectivity index is 2.46. The topological polar surface area (TPSA) is 61.6 Å². The van der Waals surface area contributed by atoms with Crippen molar-refractivity contribution in [3.05, 3.63) is 0 Å². The molecule has 0 radical (unpaired) electrons. The lowest BCUT2D eigenvalue weighted by atomic mass is 9.88. The Morgan fingerprint density at radius 3 is 2.62 bits per heavy atom. The molecule has 0 aromatic carbocycles. The number of fused-ring (bicyclic) bond motifs is 1. The first kappa shape index (κ1) is 11.6. The van der Waals surface area contributed by atoms with Gasteiger partial charge in [-0.1, -0.05) is 0 Å². The fraction of sp³-hybridized carbons (Fsp3) is 0.800. The predicted octanol–water partition coefficient (Wildman–Crippen LogP) is 0.166. The molecule has 2 aliphatic heterocycles. The van der Waals surface area contributed by atoms with Crippen LogP contribution in [0.1, 0.15) is 34.1 Å². The van der Waals surface area contributed by atoms with E-state index in [2.05, 4.69) is 19.2 Å². The summed E-state index contributed by atoms with van der Waals surface area (Å²) in [6.45, 7) is 7.91. The van der Waals surface area contributed by atoms with E-state index in [1.54, 1.807) is 0 Å². The number of hydrogen-bond acceptors (Lipinski definition) is 3. The molecule has 0 aromatic heterocycles. The van der Waals surface area contributed by atoms with Crippen molar-refractivity contribution in [2.75, 3.05) is 0 Å². The maximum atomic E-state index is 11.9. The van der Waals surface area contributed by atoms with Crippen molar-refractivity contribution in [1.29, 1.82) is 0 Å². The first-order valence-corrected chi connectivity index (χ1v) is 5.80. The number of carbonyl (C=O) groups excluding carboxylic acids is 1. The second kappa shape index (κ2) is 3.07. The van der Waals surface area contributed by atoms with E-state index in [1.165, 1.54) is 5.01 Å². The first-order valence-electron chi connectivity index (χ1n) is 5.39. The zero-order chi connectivity index (χ0) is 12.3. The van der Waals surface area contributed by atoms with Gasteiger partial charge in [0.05, 0.1) is 0 Å². The molecule has 0 unspecified atom stereocenters. The summed E-state index contributed by atoms with van der Waals surface area (Å²) in [5.74, 6) is 5.82. The molecule has 2 heterocycles. The molecule has 90 valence electrons. The van der Waals surface area contributed by atoms with Crippen LogP contribution < -0.4 is 11.2 Å². The van der Waals surface area contributed by atoms with Crippen LogP contribution in [0.15, 0.2) is 0 Å². The highest BCUT2D eigenvalue weighted by molar-refractivity contribution is 7.80. The Hall–Kier alpha value is -0.880. The third kappa shape index (κ3) is 1.33. The van der Waals surface area contributed by atoms with Crippen molar-refractivity contribution in [2.45, 2.75) is 51.4 Å². The van der Waals surface area contributed by atoms with Gasteiger partial charge >= 0.3 is 0 Å². The van der Waals surface area contributed by atoms with Crippen LogP contribution >= 0.6 is 12.2 Å². The Labute approximate surface area is 101 Å². The number of rotatable bonds is 0. The van der Waals surface area contributed by atoms with Gasteiger partial charge in [-0.25, -0.2) is 5.84 Å². The summed E-state index contributed by atoms with van der Waals surface area (Å²) in [5, 5.41) is 5.18. The van der Waals surface area contributed by atoms with Gasteiger partial charge in [0.2, 0.25) is 0 Å². The van der Waals surface area contributed by atoms with E-state index in [-0.39, 0.29) is 17.5 Å². The van der Waals surface area contributed by atoms with Crippen LogP contribution in [0.25, 0.3) is 0 Å². The average Bonchev–Trinajstić information content (AvgIpc) is 2.25. The van der Waals surface area contributed by atoms with E-state index < -0.39 is 5.66 Å². The normalized spacial score (nSPS) is 37.4. The highest BCUT2D eigenvalue weighted by Crippen LogP contribution is 2.39. The summed E-state index contributed by atoms with van der Waals surface area (Å²) in [6, 6.07) is -0.286. The minimum atomic E-state index is -0.512. The van der Waals surface area contributed by atoms with Crippen LogP contribution in [-0.4, -0.2) is 38.2 Å². The Morgan fingerprint density at radius 1 is 1.50 bits per heavy atom. The van der Waals surface area contributed by atoms with Crippen LogP contribution in [0.4, 0.5) is 0 Å². The predicted molar refractivity (Wildman–Crippen MR) is 65.2 cm³/mol. The van der Waals surface area contributed by atoms with Gasteiger partial charge in [0.1, 0.15) is 11.7 Å². The number of nitrogens with two attached hydrogens (primary N) is 1. The molecular weight excluding hydrogens is 224 g/mol. The molecule has 5 nitrogen and oxygen atoms in total. The van der Waals surface area contributed by atoms with E-state index in [0.717, 1.165) is 6.42 Å². The van der Waals surface area contributed by atoms with Gasteiger partial charge in [0.15, 0.2) is 5.11 Å². The quantitative estimate of drug-likeness (QED) is 0.360. The zero-order valence-electron chi connectivity index (χ0n) is 10.1. The molecule has 0 aromatic rings. The van der Waals surface area contributed by atoms with Crippen molar-refractivity contribution in [3.8, 4) is 0 Å². The van der Waals surface area contributed by atoms with Gasteiger partial charge < -0.3 is 10.2 Å². The number of hydrazine groups is 1. The van der Waals surface area contributed by atoms with Gasteiger partial charge in [-0.15, -0.1) is 0 Å². The Kier molecular flexibility index (Phi) is 2.23. The van der Waals surface area contributed by atoms with Crippen LogP contribution in [0.3, 0.4) is 0 Å². The number of thiocarbonyl (C=S) groups is 1. The third-order valence-corrected chi connectivity index (χ3v) is 3.76. The molecule has 3 N–H and O–H groups in total. The molecule has 2 atom stereocenters. The second-order valence-corrected chi connectivity index (χ2v) is 5.85. The van der Waals surface area contributed by atoms with Gasteiger partial charge in [0.25, 0.3) is 5.91 Å². The Morgan fingerprint density at radius 2 is 2.06 bits per heavy atom. The van der Waals surface area contributed by atoms with Gasteiger partial charge in [-0.2, -0.15) is 0 Å². The van der Waals surface area contributed by atoms with E-state index in [9.17, 15) is 4.79 Å². The summed E-state index contributed by atoms with van der Waals surface area (Å²) in [6.07, 6.45) is 0.743. The average molecular weight is 242 g/mol. The zero-order valence-corrected chi connectivity index (χ0v) is 10.9. The summed E-state index contributed by atoms with van der Waals surface area (Å²) < 4.78 is 0. The largest absolute Gasteiger partial charge is 0.357 e. The van der Waals surface area contributed by atoms with Crippen molar-refractivity contribution in [2.24, 2.45) is 5.84 Å². The molecule has 6 heteroatoms. The van der Waals surface area contributed by atoms with Crippen LogP contribution in [0, 0.1) is 0 Å². The fourth-order valence-electron chi connectivity index (χ4n) is 2.88. The maximum Gasteiger partial charge on any atom is 0.261 e. The fourth-order valence-corrected chi connectivity index (χ4v) is 3.51. The molecule has 0 saturated carbocycles. The number of carbonyl (C=O) groups is 1. The van der Waals surface area contributed by atoms with E-state index in [1.807, 2.05) is 18.7 Å². The Bertz CT molecular complexity index is 370. The lowest BCUT2D eigenvalue weighted by Gasteiger charge is -2.50. The lowest BCUT2D eigenvalue weighted by molar-refractivity contribution is -0.132. The van der Waals surface area contributed by atoms with E-state index >= 15 is 0 Å².